The zero-order chi connectivity index (χ0) is 18.1. The van der Waals surface area contributed by atoms with Crippen LogP contribution in [0.1, 0.15) is 44.1 Å². The fourth-order valence-electron chi connectivity index (χ4n) is 3.36. The number of hydrogen-bond acceptors (Lipinski definition) is 2. The van der Waals surface area contributed by atoms with Crippen molar-refractivity contribution in [1.82, 2.24) is 10.2 Å². The Kier molecular flexibility index (Phi) is 7.34. The van der Waals surface area contributed by atoms with E-state index in [9.17, 15) is 9.59 Å². The number of rotatable bonds is 8. The van der Waals surface area contributed by atoms with Crippen molar-refractivity contribution in [2.24, 2.45) is 0 Å². The van der Waals surface area contributed by atoms with Crippen LogP contribution in [0.4, 0.5) is 4.79 Å². The maximum Gasteiger partial charge on any atom is 0.318 e. The molecular formula is C20H26N2O3. The predicted octanol–water partition coefficient (Wildman–Crippen LogP) is 3.05. The molecule has 1 atom stereocenters. The average molecular weight is 342 g/mol. The van der Waals surface area contributed by atoms with Crippen LogP contribution in [-0.4, -0.2) is 40.6 Å². The van der Waals surface area contributed by atoms with Crippen LogP contribution in [0.5, 0.6) is 0 Å². The molecule has 0 saturated heterocycles. The molecule has 5 nitrogen and oxygen atoms in total. The molecule has 5 heteroatoms. The van der Waals surface area contributed by atoms with Crippen LogP contribution in [0.3, 0.4) is 0 Å². The number of carbonyl (C=O) groups excluding carboxylic acids is 1. The van der Waals surface area contributed by atoms with Gasteiger partial charge in [0.05, 0.1) is 6.54 Å². The zero-order valence-corrected chi connectivity index (χ0v) is 14.5. The third kappa shape index (κ3) is 6.15. The SMILES string of the molecule is C#CCN(C(=O)NC(CCC(=O)O)Cc1ccccc1)C1CCCC1. The Hall–Kier alpha value is -2.48. The zero-order valence-electron chi connectivity index (χ0n) is 14.5. The number of carboxylic acid groups (broad SMARTS) is 1. The lowest BCUT2D eigenvalue weighted by molar-refractivity contribution is -0.137. The van der Waals surface area contributed by atoms with Crippen molar-refractivity contribution in [1.29, 1.82) is 0 Å². The molecule has 0 heterocycles. The van der Waals surface area contributed by atoms with E-state index in [4.69, 9.17) is 11.5 Å². The first-order valence-electron chi connectivity index (χ1n) is 8.86. The first-order valence-corrected chi connectivity index (χ1v) is 8.86. The Labute approximate surface area is 149 Å². The van der Waals surface area contributed by atoms with Crippen LogP contribution >= 0.6 is 0 Å². The van der Waals surface area contributed by atoms with Gasteiger partial charge in [-0.3, -0.25) is 4.79 Å². The summed E-state index contributed by atoms with van der Waals surface area (Å²) in [6.07, 6.45) is 10.7. The smallest absolute Gasteiger partial charge is 0.318 e. The van der Waals surface area contributed by atoms with Crippen LogP contribution in [0.15, 0.2) is 30.3 Å². The predicted molar refractivity (Wildman–Crippen MR) is 97.1 cm³/mol. The molecule has 1 aromatic carbocycles. The Bertz CT molecular complexity index is 603. The number of hydrogen-bond donors (Lipinski definition) is 2. The van der Waals surface area contributed by atoms with Gasteiger partial charge < -0.3 is 15.3 Å². The maximum absolute atomic E-state index is 12.7. The van der Waals surface area contributed by atoms with Gasteiger partial charge in [0.2, 0.25) is 0 Å². The lowest BCUT2D eigenvalue weighted by atomic mass is 10.0. The number of terminal acetylenes is 1. The maximum atomic E-state index is 12.7. The summed E-state index contributed by atoms with van der Waals surface area (Å²) in [6, 6.07) is 9.55. The second-order valence-electron chi connectivity index (χ2n) is 6.54. The Balaban J connectivity index is 2.03. The summed E-state index contributed by atoms with van der Waals surface area (Å²) in [5.74, 6) is 1.71. The van der Waals surface area contributed by atoms with Crippen molar-refractivity contribution in [3.05, 3.63) is 35.9 Å². The minimum atomic E-state index is -0.858. The van der Waals surface area contributed by atoms with Gasteiger partial charge in [-0.1, -0.05) is 49.1 Å². The first-order chi connectivity index (χ1) is 12.1. The van der Waals surface area contributed by atoms with E-state index in [0.717, 1.165) is 31.2 Å². The van der Waals surface area contributed by atoms with Crippen LogP contribution in [0.25, 0.3) is 0 Å². The quantitative estimate of drug-likeness (QED) is 0.714. The highest BCUT2D eigenvalue weighted by Gasteiger charge is 2.27. The summed E-state index contributed by atoms with van der Waals surface area (Å²) >= 11 is 0. The topological polar surface area (TPSA) is 69.6 Å². The molecule has 25 heavy (non-hydrogen) atoms. The number of nitrogens with zero attached hydrogens (tertiary/aromatic N) is 1. The summed E-state index contributed by atoms with van der Waals surface area (Å²) in [5, 5.41) is 12.0. The van der Waals surface area contributed by atoms with Gasteiger partial charge in [-0.15, -0.1) is 6.42 Å². The van der Waals surface area contributed by atoms with Gasteiger partial charge >= 0.3 is 12.0 Å². The Morgan fingerprint density at radius 1 is 1.28 bits per heavy atom. The van der Waals surface area contributed by atoms with Crippen LogP contribution in [0, 0.1) is 12.3 Å². The van der Waals surface area contributed by atoms with Gasteiger partial charge in [-0.2, -0.15) is 0 Å². The fourth-order valence-corrected chi connectivity index (χ4v) is 3.36. The van der Waals surface area contributed by atoms with E-state index in [-0.39, 0.29) is 31.1 Å². The van der Waals surface area contributed by atoms with Crippen molar-refractivity contribution in [2.75, 3.05) is 6.54 Å². The molecule has 2 N–H and O–H groups in total. The molecule has 0 aromatic heterocycles. The number of nitrogens with one attached hydrogen (secondary N) is 1. The molecular weight excluding hydrogens is 316 g/mol. The molecule has 1 saturated carbocycles. The Morgan fingerprint density at radius 3 is 2.56 bits per heavy atom. The van der Waals surface area contributed by atoms with Gasteiger partial charge in [-0.05, 0) is 31.2 Å². The van der Waals surface area contributed by atoms with Crippen molar-refractivity contribution >= 4 is 12.0 Å². The third-order valence-electron chi connectivity index (χ3n) is 4.65. The number of carboxylic acids is 1. The molecule has 0 radical (unpaired) electrons. The lowest BCUT2D eigenvalue weighted by Crippen LogP contribution is -2.49. The Morgan fingerprint density at radius 2 is 1.96 bits per heavy atom. The highest BCUT2D eigenvalue weighted by atomic mass is 16.4. The molecule has 1 aliphatic carbocycles. The van der Waals surface area contributed by atoms with E-state index in [1.54, 1.807) is 4.90 Å². The second-order valence-corrected chi connectivity index (χ2v) is 6.54. The van der Waals surface area contributed by atoms with Crippen molar-refractivity contribution < 1.29 is 14.7 Å². The van der Waals surface area contributed by atoms with E-state index in [1.807, 2.05) is 30.3 Å². The van der Waals surface area contributed by atoms with Crippen molar-refractivity contribution in [3.63, 3.8) is 0 Å². The minimum Gasteiger partial charge on any atom is -0.481 e. The molecule has 2 rings (SSSR count). The second kappa shape index (κ2) is 9.73. The minimum absolute atomic E-state index is 0.0242. The third-order valence-corrected chi connectivity index (χ3v) is 4.65. The number of urea groups is 1. The summed E-state index contributed by atoms with van der Waals surface area (Å²) in [7, 11) is 0. The normalized spacial score (nSPS) is 15.3. The number of aliphatic carboxylic acids is 1. The van der Waals surface area contributed by atoms with Gasteiger partial charge in [0.25, 0.3) is 0 Å². The van der Waals surface area contributed by atoms with E-state index in [1.165, 1.54) is 0 Å². The molecule has 1 unspecified atom stereocenters. The molecule has 0 aliphatic heterocycles. The summed E-state index contributed by atoms with van der Waals surface area (Å²) in [4.78, 5) is 25.4. The molecule has 0 bridgehead atoms. The largest absolute Gasteiger partial charge is 0.481 e. The summed E-state index contributed by atoms with van der Waals surface area (Å²) < 4.78 is 0. The summed E-state index contributed by atoms with van der Waals surface area (Å²) in [6.45, 7) is 0.285. The van der Waals surface area contributed by atoms with Crippen molar-refractivity contribution in [2.45, 2.75) is 57.0 Å². The standard InChI is InChI=1S/C20H26N2O3/c1-2-14-22(18-10-6-7-11-18)20(25)21-17(12-13-19(23)24)15-16-8-4-3-5-9-16/h1,3-5,8-9,17-18H,6-7,10-15H2,(H,21,25)(H,23,24). The van der Waals surface area contributed by atoms with Gasteiger partial charge in [0.15, 0.2) is 0 Å². The van der Waals surface area contributed by atoms with Crippen LogP contribution in [-0.2, 0) is 11.2 Å². The van der Waals surface area contributed by atoms with E-state index < -0.39 is 5.97 Å². The number of carbonyl (C=O) groups is 2. The average Bonchev–Trinajstić information content (AvgIpc) is 3.12. The van der Waals surface area contributed by atoms with Gasteiger partial charge in [0.1, 0.15) is 0 Å². The van der Waals surface area contributed by atoms with Gasteiger partial charge in [0, 0.05) is 18.5 Å². The highest BCUT2D eigenvalue weighted by molar-refractivity contribution is 5.75. The number of amides is 2. The molecule has 134 valence electrons. The van der Waals surface area contributed by atoms with Crippen LogP contribution in [0.2, 0.25) is 0 Å². The lowest BCUT2D eigenvalue weighted by Gasteiger charge is -2.29. The van der Waals surface area contributed by atoms with E-state index in [2.05, 4.69) is 11.2 Å². The summed E-state index contributed by atoms with van der Waals surface area (Å²) in [5.41, 5.74) is 1.07. The fraction of sp³-hybridized carbons (Fsp3) is 0.500. The molecule has 1 aromatic rings. The molecule has 1 fully saturated rings. The highest BCUT2D eigenvalue weighted by Crippen LogP contribution is 2.23. The van der Waals surface area contributed by atoms with E-state index in [0.29, 0.717) is 12.8 Å². The molecule has 1 aliphatic rings. The van der Waals surface area contributed by atoms with Crippen LogP contribution < -0.4 is 5.32 Å². The first kappa shape index (κ1) is 18.9. The monoisotopic (exact) mass is 342 g/mol. The number of benzene rings is 1. The van der Waals surface area contributed by atoms with Gasteiger partial charge in [-0.25, -0.2) is 4.79 Å². The molecule has 0 spiro atoms. The van der Waals surface area contributed by atoms with E-state index >= 15 is 0 Å². The molecule has 2 amide bonds. The van der Waals surface area contributed by atoms with Crippen molar-refractivity contribution in [3.8, 4) is 12.3 Å².